The molecule has 0 unspecified atom stereocenters. The van der Waals surface area contributed by atoms with E-state index in [2.05, 4.69) is 20.9 Å². The largest absolute Gasteiger partial charge is 0.434 e. The smallest absolute Gasteiger partial charge is 0.242 e. The Bertz CT molecular complexity index is 514. The normalized spacial score (nSPS) is 10.3. The molecule has 2 N–H and O–H groups in total. The molecule has 17 heavy (non-hydrogen) atoms. The van der Waals surface area contributed by atoms with Crippen LogP contribution in [-0.4, -0.2) is 4.98 Å². The molecule has 0 aliphatic heterocycles. The molecule has 1 heterocycles. The first-order valence-corrected chi connectivity index (χ1v) is 5.39. The van der Waals surface area contributed by atoms with Gasteiger partial charge >= 0.3 is 0 Å². The third-order valence-corrected chi connectivity index (χ3v) is 2.38. The summed E-state index contributed by atoms with van der Waals surface area (Å²) in [5.41, 5.74) is 5.89. The van der Waals surface area contributed by atoms with Gasteiger partial charge in [-0.25, -0.2) is 13.8 Å². The summed E-state index contributed by atoms with van der Waals surface area (Å²) in [5.74, 6) is -1.55. The first-order chi connectivity index (χ1) is 8.06. The van der Waals surface area contributed by atoms with Crippen LogP contribution in [0, 0.1) is 11.6 Å². The van der Waals surface area contributed by atoms with E-state index in [1.165, 1.54) is 12.3 Å². The van der Waals surface area contributed by atoms with Crippen molar-refractivity contribution >= 4 is 21.6 Å². The minimum absolute atomic E-state index is 0.0682. The van der Waals surface area contributed by atoms with Crippen molar-refractivity contribution < 1.29 is 13.5 Å². The van der Waals surface area contributed by atoms with Crippen LogP contribution in [0.4, 0.5) is 14.5 Å². The SMILES string of the molecule is Nc1cc(Br)cnc1Oc1ccc(F)cc1F. The maximum absolute atomic E-state index is 13.3. The molecule has 0 bridgehead atoms. The highest BCUT2D eigenvalue weighted by Crippen LogP contribution is 2.28. The molecule has 2 rings (SSSR count). The maximum atomic E-state index is 13.3. The van der Waals surface area contributed by atoms with Crippen LogP contribution in [0.25, 0.3) is 0 Å². The standard InChI is InChI=1S/C11H7BrF2N2O/c12-6-3-9(15)11(16-5-6)17-10-2-1-7(13)4-8(10)14/h1-5H,15H2. The predicted molar refractivity (Wildman–Crippen MR) is 62.8 cm³/mol. The number of nitrogen functional groups attached to an aromatic ring is 1. The van der Waals surface area contributed by atoms with Crippen molar-refractivity contribution in [1.82, 2.24) is 4.98 Å². The van der Waals surface area contributed by atoms with Crippen LogP contribution >= 0.6 is 15.9 Å². The highest BCUT2D eigenvalue weighted by atomic mass is 79.9. The van der Waals surface area contributed by atoms with Gasteiger partial charge in [-0.1, -0.05) is 0 Å². The van der Waals surface area contributed by atoms with Gasteiger partial charge in [0.05, 0.1) is 5.69 Å². The first kappa shape index (κ1) is 11.8. The van der Waals surface area contributed by atoms with Gasteiger partial charge in [0.1, 0.15) is 5.82 Å². The molecule has 88 valence electrons. The Morgan fingerprint density at radius 3 is 2.65 bits per heavy atom. The second kappa shape index (κ2) is 4.67. The average Bonchev–Trinajstić information content (AvgIpc) is 2.25. The fourth-order valence-electron chi connectivity index (χ4n) is 1.19. The van der Waals surface area contributed by atoms with Crippen LogP contribution in [0.15, 0.2) is 34.9 Å². The van der Waals surface area contributed by atoms with Crippen LogP contribution < -0.4 is 10.5 Å². The number of rotatable bonds is 2. The predicted octanol–water partition coefficient (Wildman–Crippen LogP) is 3.50. The van der Waals surface area contributed by atoms with Crippen LogP contribution in [0.2, 0.25) is 0 Å². The zero-order valence-corrected chi connectivity index (χ0v) is 10.0. The molecule has 3 nitrogen and oxygen atoms in total. The molecule has 0 aliphatic rings. The summed E-state index contributed by atoms with van der Waals surface area (Å²) in [7, 11) is 0. The molecule has 0 spiro atoms. The third-order valence-electron chi connectivity index (χ3n) is 1.95. The zero-order chi connectivity index (χ0) is 12.4. The Kier molecular flexibility index (Phi) is 3.23. The Morgan fingerprint density at radius 1 is 1.24 bits per heavy atom. The highest BCUT2D eigenvalue weighted by molar-refractivity contribution is 9.10. The molecule has 0 saturated heterocycles. The fourth-order valence-corrected chi connectivity index (χ4v) is 1.54. The van der Waals surface area contributed by atoms with Gasteiger partial charge in [-0.05, 0) is 34.1 Å². The molecule has 0 saturated carbocycles. The number of anilines is 1. The summed E-state index contributed by atoms with van der Waals surface area (Å²) in [4.78, 5) is 3.88. The van der Waals surface area contributed by atoms with Crippen LogP contribution in [0.3, 0.4) is 0 Å². The second-order valence-corrected chi connectivity index (χ2v) is 4.14. The van der Waals surface area contributed by atoms with Gasteiger partial charge in [0.25, 0.3) is 0 Å². The molecule has 1 aromatic heterocycles. The molecule has 1 aromatic carbocycles. The zero-order valence-electron chi connectivity index (χ0n) is 8.45. The van der Waals surface area contributed by atoms with Crippen LogP contribution in [0.1, 0.15) is 0 Å². The Morgan fingerprint density at radius 2 is 2.00 bits per heavy atom. The van der Waals surface area contributed by atoms with Gasteiger partial charge in [0.15, 0.2) is 11.6 Å². The summed E-state index contributed by atoms with van der Waals surface area (Å²) < 4.78 is 31.8. The highest BCUT2D eigenvalue weighted by Gasteiger charge is 2.09. The Labute approximate surface area is 104 Å². The van der Waals surface area contributed by atoms with E-state index in [1.54, 1.807) is 6.07 Å². The second-order valence-electron chi connectivity index (χ2n) is 3.22. The first-order valence-electron chi connectivity index (χ1n) is 4.60. The summed E-state index contributed by atoms with van der Waals surface area (Å²) in [6, 6.07) is 4.56. The van der Waals surface area contributed by atoms with Crippen molar-refractivity contribution in [2.75, 3.05) is 5.73 Å². The third kappa shape index (κ3) is 2.71. The van der Waals surface area contributed by atoms with Crippen molar-refractivity contribution in [3.05, 3.63) is 46.6 Å². The van der Waals surface area contributed by atoms with Crippen molar-refractivity contribution in [3.8, 4) is 11.6 Å². The van der Waals surface area contributed by atoms with Gasteiger partial charge in [-0.15, -0.1) is 0 Å². The van der Waals surface area contributed by atoms with Gasteiger partial charge < -0.3 is 10.5 Å². The molecule has 6 heteroatoms. The lowest BCUT2D eigenvalue weighted by molar-refractivity contribution is 0.425. The number of hydrogen-bond acceptors (Lipinski definition) is 3. The van der Waals surface area contributed by atoms with E-state index in [4.69, 9.17) is 10.5 Å². The lowest BCUT2D eigenvalue weighted by Crippen LogP contribution is -1.96. The minimum Gasteiger partial charge on any atom is -0.434 e. The Hall–Kier alpha value is -1.69. The van der Waals surface area contributed by atoms with Crippen LogP contribution in [-0.2, 0) is 0 Å². The van der Waals surface area contributed by atoms with E-state index >= 15 is 0 Å². The topological polar surface area (TPSA) is 48.1 Å². The van der Waals surface area contributed by atoms with E-state index in [-0.39, 0.29) is 17.3 Å². The van der Waals surface area contributed by atoms with Crippen molar-refractivity contribution in [3.63, 3.8) is 0 Å². The number of halogens is 3. The number of ether oxygens (including phenoxy) is 1. The molecule has 0 aliphatic carbocycles. The monoisotopic (exact) mass is 300 g/mol. The quantitative estimate of drug-likeness (QED) is 0.923. The van der Waals surface area contributed by atoms with E-state index in [0.29, 0.717) is 4.47 Å². The van der Waals surface area contributed by atoms with E-state index in [9.17, 15) is 8.78 Å². The molecular weight excluding hydrogens is 294 g/mol. The summed E-state index contributed by atoms with van der Waals surface area (Å²) >= 11 is 3.18. The Balaban J connectivity index is 2.31. The molecular formula is C11H7BrF2N2O. The van der Waals surface area contributed by atoms with Crippen molar-refractivity contribution in [1.29, 1.82) is 0 Å². The maximum Gasteiger partial charge on any atom is 0.242 e. The van der Waals surface area contributed by atoms with E-state index < -0.39 is 11.6 Å². The van der Waals surface area contributed by atoms with Crippen molar-refractivity contribution in [2.45, 2.75) is 0 Å². The minimum atomic E-state index is -0.811. The van der Waals surface area contributed by atoms with E-state index in [1.807, 2.05) is 0 Å². The fraction of sp³-hybridized carbons (Fsp3) is 0. The number of nitrogens with zero attached hydrogens (tertiary/aromatic N) is 1. The van der Waals surface area contributed by atoms with Crippen LogP contribution in [0.5, 0.6) is 11.6 Å². The van der Waals surface area contributed by atoms with E-state index in [0.717, 1.165) is 12.1 Å². The summed E-state index contributed by atoms with van der Waals surface area (Å²) in [6.45, 7) is 0. The molecule has 0 fully saturated rings. The number of aromatic nitrogens is 1. The molecule has 2 aromatic rings. The number of hydrogen-bond donors (Lipinski definition) is 1. The lowest BCUT2D eigenvalue weighted by Gasteiger charge is -2.08. The van der Waals surface area contributed by atoms with Gasteiger partial charge in [0.2, 0.25) is 5.88 Å². The summed E-state index contributed by atoms with van der Waals surface area (Å²) in [5, 5.41) is 0. The number of nitrogens with two attached hydrogens (primary N) is 1. The molecule has 0 amide bonds. The summed E-state index contributed by atoms with van der Waals surface area (Å²) in [6.07, 6.45) is 1.47. The molecule has 0 radical (unpaired) electrons. The van der Waals surface area contributed by atoms with Gasteiger partial charge in [0, 0.05) is 16.7 Å². The van der Waals surface area contributed by atoms with Gasteiger partial charge in [-0.3, -0.25) is 0 Å². The number of pyridine rings is 1. The number of benzene rings is 1. The van der Waals surface area contributed by atoms with Crippen molar-refractivity contribution in [2.24, 2.45) is 0 Å². The van der Waals surface area contributed by atoms with Gasteiger partial charge in [-0.2, -0.15) is 0 Å². The average molecular weight is 301 g/mol. The molecule has 0 atom stereocenters. The lowest BCUT2D eigenvalue weighted by atomic mass is 10.3.